The molecule has 0 aliphatic heterocycles. The molecule has 0 aliphatic carbocycles. The lowest BCUT2D eigenvalue weighted by molar-refractivity contribution is -0.137. The van der Waals surface area contributed by atoms with E-state index < -0.39 is 17.7 Å². The fourth-order valence-electron chi connectivity index (χ4n) is 2.89. The Morgan fingerprint density at radius 1 is 1.18 bits per heavy atom. The number of carboxylic acid groups (broad SMARTS) is 1. The van der Waals surface area contributed by atoms with Gasteiger partial charge in [-0.2, -0.15) is 13.2 Å². The van der Waals surface area contributed by atoms with Gasteiger partial charge < -0.3 is 15.8 Å². The first-order chi connectivity index (χ1) is 15.5. The summed E-state index contributed by atoms with van der Waals surface area (Å²) < 4.78 is 40.8. The van der Waals surface area contributed by atoms with Gasteiger partial charge >= 0.3 is 12.1 Å². The number of aromatic carboxylic acids is 1. The number of pyridine rings is 1. The van der Waals surface area contributed by atoms with Crippen LogP contribution < -0.4 is 20.9 Å². The predicted molar refractivity (Wildman–Crippen MR) is 123 cm³/mol. The number of alkyl halides is 3. The third kappa shape index (κ3) is 6.01. The maximum absolute atomic E-state index is 13.1. The SMILES string of the molecule is CN(N)c1ccc(CN(Sc2ccc(C(=O)O)cc2)c2ncc(C(F)(F)F)cc2Cl)cc1N. The summed E-state index contributed by atoms with van der Waals surface area (Å²) in [4.78, 5) is 15.7. The van der Waals surface area contributed by atoms with E-state index in [-0.39, 0.29) is 22.9 Å². The normalized spacial score (nSPS) is 11.3. The van der Waals surface area contributed by atoms with Gasteiger partial charge in [-0.3, -0.25) is 4.31 Å². The first-order valence-corrected chi connectivity index (χ1v) is 10.5. The number of nitrogen functional groups attached to an aromatic ring is 1. The number of aromatic nitrogens is 1. The molecule has 0 spiro atoms. The Kier molecular flexibility index (Phi) is 7.25. The number of carboxylic acids is 1. The number of hydrazine groups is 1. The van der Waals surface area contributed by atoms with Crippen LogP contribution in [0.3, 0.4) is 0 Å². The van der Waals surface area contributed by atoms with Gasteiger partial charge in [-0.1, -0.05) is 17.7 Å². The van der Waals surface area contributed by atoms with E-state index in [0.717, 1.165) is 23.6 Å². The summed E-state index contributed by atoms with van der Waals surface area (Å²) in [6.45, 7) is 0.183. The van der Waals surface area contributed by atoms with Crippen molar-refractivity contribution in [3.63, 3.8) is 0 Å². The molecule has 0 saturated carbocycles. The Morgan fingerprint density at radius 3 is 2.36 bits per heavy atom. The summed E-state index contributed by atoms with van der Waals surface area (Å²) in [5.74, 6) is 4.77. The standard InChI is InChI=1S/C21H19ClF3N5O2S/c1-29(27)18-7-2-12(8-17(18)26)11-30(33-15-5-3-13(4-6-15)20(31)32)19-16(22)9-14(10-28-19)21(23,24)25/h2-10H,11,26-27H2,1H3,(H,31,32). The number of rotatable bonds is 7. The molecule has 5 N–H and O–H groups in total. The van der Waals surface area contributed by atoms with Gasteiger partial charge in [0.1, 0.15) is 0 Å². The third-order valence-corrected chi connectivity index (χ3v) is 5.78. The molecule has 0 fully saturated rings. The molecular formula is C21H19ClF3N5O2S. The minimum atomic E-state index is -4.58. The molecule has 1 aromatic heterocycles. The largest absolute Gasteiger partial charge is 0.478 e. The summed E-state index contributed by atoms with van der Waals surface area (Å²) in [6, 6.07) is 12.0. The number of hydrogen-bond donors (Lipinski definition) is 3. The molecule has 1 heterocycles. The van der Waals surface area contributed by atoms with Crippen molar-refractivity contribution in [2.75, 3.05) is 22.1 Å². The third-order valence-electron chi connectivity index (χ3n) is 4.50. The number of anilines is 3. The van der Waals surface area contributed by atoms with Crippen molar-refractivity contribution in [1.29, 1.82) is 0 Å². The van der Waals surface area contributed by atoms with Crippen LogP contribution in [0.4, 0.5) is 30.4 Å². The molecule has 0 atom stereocenters. The van der Waals surface area contributed by atoms with Gasteiger partial charge in [0, 0.05) is 18.1 Å². The lowest BCUT2D eigenvalue weighted by Crippen LogP contribution is -2.26. The van der Waals surface area contributed by atoms with Crippen LogP contribution in [0.2, 0.25) is 5.02 Å². The van der Waals surface area contributed by atoms with E-state index in [0.29, 0.717) is 22.5 Å². The van der Waals surface area contributed by atoms with E-state index in [1.807, 2.05) is 0 Å². The second kappa shape index (κ2) is 9.77. The van der Waals surface area contributed by atoms with E-state index in [4.69, 9.17) is 28.3 Å². The maximum Gasteiger partial charge on any atom is 0.417 e. The number of nitrogens with two attached hydrogens (primary N) is 2. The molecule has 3 rings (SSSR count). The Morgan fingerprint density at radius 2 is 1.85 bits per heavy atom. The second-order valence-corrected chi connectivity index (χ2v) is 8.49. The van der Waals surface area contributed by atoms with Crippen molar-refractivity contribution < 1.29 is 23.1 Å². The van der Waals surface area contributed by atoms with Crippen LogP contribution in [-0.2, 0) is 12.7 Å². The molecule has 12 heteroatoms. The molecule has 33 heavy (non-hydrogen) atoms. The van der Waals surface area contributed by atoms with Gasteiger partial charge in [0.25, 0.3) is 0 Å². The van der Waals surface area contributed by atoms with Crippen LogP contribution in [-0.4, -0.2) is 23.1 Å². The number of carbonyl (C=O) groups is 1. The number of nitrogens with zero attached hydrogens (tertiary/aromatic N) is 3. The van der Waals surface area contributed by atoms with Crippen molar-refractivity contribution in [3.8, 4) is 0 Å². The highest BCUT2D eigenvalue weighted by atomic mass is 35.5. The van der Waals surface area contributed by atoms with E-state index in [1.54, 1.807) is 41.7 Å². The van der Waals surface area contributed by atoms with Gasteiger partial charge in [-0.15, -0.1) is 0 Å². The Bertz CT molecular complexity index is 1160. The van der Waals surface area contributed by atoms with Crippen molar-refractivity contribution in [3.05, 3.63) is 76.4 Å². The Labute approximate surface area is 196 Å². The lowest BCUT2D eigenvalue weighted by atomic mass is 10.1. The first-order valence-electron chi connectivity index (χ1n) is 9.34. The molecule has 3 aromatic rings. The summed E-state index contributed by atoms with van der Waals surface area (Å²) >= 11 is 7.32. The quantitative estimate of drug-likeness (QED) is 0.180. The van der Waals surface area contributed by atoms with Crippen molar-refractivity contribution >= 4 is 46.7 Å². The monoisotopic (exact) mass is 497 g/mol. The van der Waals surface area contributed by atoms with E-state index in [2.05, 4.69) is 4.98 Å². The highest BCUT2D eigenvalue weighted by molar-refractivity contribution is 8.00. The van der Waals surface area contributed by atoms with E-state index >= 15 is 0 Å². The van der Waals surface area contributed by atoms with Gasteiger partial charge in [0.15, 0.2) is 5.82 Å². The molecule has 0 bridgehead atoms. The zero-order valence-electron chi connectivity index (χ0n) is 17.2. The Balaban J connectivity index is 1.97. The van der Waals surface area contributed by atoms with Crippen LogP contribution in [0.15, 0.2) is 59.6 Å². The zero-order chi connectivity index (χ0) is 24.3. The molecule has 0 aliphatic rings. The fraction of sp³-hybridized carbons (Fsp3) is 0.143. The maximum atomic E-state index is 13.1. The number of benzene rings is 2. The zero-order valence-corrected chi connectivity index (χ0v) is 18.7. The number of hydrogen-bond acceptors (Lipinski definition) is 7. The second-order valence-electron chi connectivity index (χ2n) is 6.99. The van der Waals surface area contributed by atoms with E-state index in [1.165, 1.54) is 17.1 Å². The van der Waals surface area contributed by atoms with Crippen molar-refractivity contribution in [1.82, 2.24) is 4.98 Å². The topological polar surface area (TPSA) is 109 Å². The van der Waals surface area contributed by atoms with Crippen LogP contribution in [0.25, 0.3) is 0 Å². The summed E-state index contributed by atoms with van der Waals surface area (Å²) in [6.07, 6.45) is -3.87. The minimum absolute atomic E-state index is 0.103. The average molecular weight is 498 g/mol. The molecule has 2 aromatic carbocycles. The first kappa shape index (κ1) is 24.5. The predicted octanol–water partition coefficient (Wildman–Crippen LogP) is 5.06. The molecule has 7 nitrogen and oxygen atoms in total. The molecule has 0 saturated heterocycles. The van der Waals surface area contributed by atoms with Gasteiger partial charge in [-0.25, -0.2) is 15.6 Å². The molecule has 0 unspecified atom stereocenters. The van der Waals surface area contributed by atoms with Crippen LogP contribution >= 0.6 is 23.5 Å². The highest BCUT2D eigenvalue weighted by Crippen LogP contribution is 2.38. The average Bonchev–Trinajstić information content (AvgIpc) is 2.72. The summed E-state index contributed by atoms with van der Waals surface area (Å²) in [5.41, 5.74) is 6.95. The van der Waals surface area contributed by atoms with E-state index in [9.17, 15) is 18.0 Å². The lowest BCUT2D eigenvalue weighted by Gasteiger charge is -2.24. The van der Waals surface area contributed by atoms with Gasteiger partial charge in [0.05, 0.1) is 34.1 Å². The molecule has 0 radical (unpaired) electrons. The van der Waals surface area contributed by atoms with Crippen LogP contribution in [0.1, 0.15) is 21.5 Å². The van der Waals surface area contributed by atoms with Crippen LogP contribution in [0.5, 0.6) is 0 Å². The summed E-state index contributed by atoms with van der Waals surface area (Å²) in [7, 11) is 1.64. The number of halogens is 4. The van der Waals surface area contributed by atoms with Crippen molar-refractivity contribution in [2.24, 2.45) is 5.84 Å². The highest BCUT2D eigenvalue weighted by Gasteiger charge is 2.32. The smallest absolute Gasteiger partial charge is 0.417 e. The molecular weight excluding hydrogens is 479 g/mol. The van der Waals surface area contributed by atoms with Gasteiger partial charge in [-0.05, 0) is 60.0 Å². The molecule has 174 valence electrons. The minimum Gasteiger partial charge on any atom is -0.478 e. The fourth-order valence-corrected chi connectivity index (χ4v) is 4.17. The van der Waals surface area contributed by atoms with Crippen LogP contribution in [0, 0.1) is 0 Å². The Hall–Kier alpha value is -3.15. The molecule has 0 amide bonds. The summed E-state index contributed by atoms with van der Waals surface area (Å²) in [5, 5.41) is 10.3. The van der Waals surface area contributed by atoms with Crippen molar-refractivity contribution in [2.45, 2.75) is 17.6 Å². The van der Waals surface area contributed by atoms with Gasteiger partial charge in [0.2, 0.25) is 0 Å².